The van der Waals surface area contributed by atoms with Crippen LogP contribution in [0, 0.1) is 20.8 Å². The fourth-order valence-corrected chi connectivity index (χ4v) is 2.23. The van der Waals surface area contributed by atoms with Gasteiger partial charge < -0.3 is 9.67 Å². The van der Waals surface area contributed by atoms with Crippen molar-refractivity contribution in [1.29, 1.82) is 0 Å². The van der Waals surface area contributed by atoms with Gasteiger partial charge in [0, 0.05) is 29.2 Å². The number of rotatable bonds is 3. The highest BCUT2D eigenvalue weighted by atomic mass is 16.4. The van der Waals surface area contributed by atoms with E-state index in [4.69, 9.17) is 5.11 Å². The number of carboxylic acid groups (broad SMARTS) is 1. The molecule has 1 aromatic carbocycles. The number of hydrogen-bond donors (Lipinski definition) is 1. The van der Waals surface area contributed by atoms with E-state index in [0.717, 1.165) is 22.5 Å². The smallest absolute Gasteiger partial charge is 0.308 e. The second-order valence-electron chi connectivity index (χ2n) is 4.96. The lowest BCUT2D eigenvalue weighted by atomic mass is 10.1. The van der Waals surface area contributed by atoms with E-state index in [1.807, 2.05) is 43.5 Å². The van der Waals surface area contributed by atoms with Crippen molar-refractivity contribution in [3.63, 3.8) is 0 Å². The number of carboxylic acids is 1. The van der Waals surface area contributed by atoms with E-state index >= 15 is 0 Å². The van der Waals surface area contributed by atoms with Gasteiger partial charge in [-0.3, -0.25) is 9.59 Å². The van der Waals surface area contributed by atoms with Crippen LogP contribution >= 0.6 is 0 Å². The van der Waals surface area contributed by atoms with Crippen molar-refractivity contribution in [2.75, 3.05) is 0 Å². The van der Waals surface area contributed by atoms with Crippen LogP contribution in [0.2, 0.25) is 0 Å². The zero-order valence-corrected chi connectivity index (χ0v) is 11.8. The molecule has 0 bridgehead atoms. The van der Waals surface area contributed by atoms with Crippen molar-refractivity contribution in [3.8, 4) is 5.69 Å². The van der Waals surface area contributed by atoms with E-state index in [2.05, 4.69) is 0 Å². The third-order valence-corrected chi connectivity index (χ3v) is 3.50. The Morgan fingerprint density at radius 2 is 1.95 bits per heavy atom. The Morgan fingerprint density at radius 1 is 1.25 bits per heavy atom. The largest absolute Gasteiger partial charge is 0.481 e. The molecule has 0 radical (unpaired) electrons. The van der Waals surface area contributed by atoms with Gasteiger partial charge in [-0.1, -0.05) is 12.1 Å². The van der Waals surface area contributed by atoms with Crippen molar-refractivity contribution in [2.24, 2.45) is 0 Å². The van der Waals surface area contributed by atoms with Crippen molar-refractivity contribution < 1.29 is 9.90 Å². The topological polar surface area (TPSA) is 59.3 Å². The van der Waals surface area contributed by atoms with Crippen molar-refractivity contribution in [3.05, 3.63) is 63.1 Å². The summed E-state index contributed by atoms with van der Waals surface area (Å²) in [6, 6.07) is 7.42. The van der Waals surface area contributed by atoms with Crippen LogP contribution in [0.5, 0.6) is 0 Å². The number of hydrogen-bond acceptors (Lipinski definition) is 2. The van der Waals surface area contributed by atoms with E-state index in [1.165, 1.54) is 6.07 Å². The third-order valence-electron chi connectivity index (χ3n) is 3.50. The summed E-state index contributed by atoms with van der Waals surface area (Å²) in [5.74, 6) is -1.00. The van der Waals surface area contributed by atoms with Crippen molar-refractivity contribution in [1.82, 2.24) is 4.57 Å². The van der Waals surface area contributed by atoms with Crippen LogP contribution in [0.4, 0.5) is 0 Å². The van der Waals surface area contributed by atoms with Gasteiger partial charge in [-0.2, -0.15) is 0 Å². The summed E-state index contributed by atoms with van der Waals surface area (Å²) in [6.45, 7) is 5.88. The normalized spacial score (nSPS) is 10.6. The van der Waals surface area contributed by atoms with E-state index in [-0.39, 0.29) is 11.8 Å². The van der Waals surface area contributed by atoms with E-state index in [9.17, 15) is 9.59 Å². The lowest BCUT2D eigenvalue weighted by Crippen LogP contribution is -2.17. The SMILES string of the molecule is Cc1cccc(-n2cc(CC(=O)O)c(=O)cc2C)c1C. The summed E-state index contributed by atoms with van der Waals surface area (Å²) >= 11 is 0. The molecule has 1 aromatic heterocycles. The fourth-order valence-electron chi connectivity index (χ4n) is 2.23. The molecule has 1 heterocycles. The first-order valence-electron chi connectivity index (χ1n) is 6.40. The van der Waals surface area contributed by atoms with Crippen LogP contribution in [-0.4, -0.2) is 15.6 Å². The Kier molecular flexibility index (Phi) is 3.74. The van der Waals surface area contributed by atoms with Crippen LogP contribution < -0.4 is 5.43 Å². The van der Waals surface area contributed by atoms with Gasteiger partial charge in [0.25, 0.3) is 0 Å². The van der Waals surface area contributed by atoms with Crippen LogP contribution in [-0.2, 0) is 11.2 Å². The first-order chi connectivity index (χ1) is 9.40. The van der Waals surface area contributed by atoms with E-state index < -0.39 is 5.97 Å². The second kappa shape index (κ2) is 5.33. The quantitative estimate of drug-likeness (QED) is 0.932. The van der Waals surface area contributed by atoms with Crippen LogP contribution in [0.1, 0.15) is 22.4 Å². The van der Waals surface area contributed by atoms with Gasteiger partial charge >= 0.3 is 5.97 Å². The molecule has 1 N–H and O–H groups in total. The third kappa shape index (κ3) is 2.64. The monoisotopic (exact) mass is 271 g/mol. The molecule has 0 spiro atoms. The lowest BCUT2D eigenvalue weighted by molar-refractivity contribution is -0.136. The van der Waals surface area contributed by atoms with Gasteiger partial charge in [-0.25, -0.2) is 0 Å². The summed E-state index contributed by atoms with van der Waals surface area (Å²) < 4.78 is 1.88. The van der Waals surface area contributed by atoms with Gasteiger partial charge in [0.2, 0.25) is 0 Å². The second-order valence-corrected chi connectivity index (χ2v) is 4.96. The molecule has 0 saturated heterocycles. The zero-order chi connectivity index (χ0) is 14.9. The molecule has 2 aromatic rings. The Hall–Kier alpha value is -2.36. The summed E-state index contributed by atoms with van der Waals surface area (Å²) in [6.07, 6.45) is 1.37. The molecule has 4 nitrogen and oxygen atoms in total. The van der Waals surface area contributed by atoms with Crippen molar-refractivity contribution >= 4 is 5.97 Å². The molecule has 0 atom stereocenters. The minimum atomic E-state index is -1.00. The van der Waals surface area contributed by atoms with E-state index in [0.29, 0.717) is 5.56 Å². The fraction of sp³-hybridized carbons (Fsp3) is 0.250. The predicted molar refractivity (Wildman–Crippen MR) is 77.6 cm³/mol. The molecule has 2 rings (SSSR count). The minimum Gasteiger partial charge on any atom is -0.481 e. The molecular formula is C16H17NO3. The number of pyridine rings is 1. The summed E-state index contributed by atoms with van der Waals surface area (Å²) in [5, 5.41) is 8.87. The molecule has 0 amide bonds. The first-order valence-corrected chi connectivity index (χ1v) is 6.40. The summed E-state index contributed by atoms with van der Waals surface area (Å²) in [4.78, 5) is 22.7. The lowest BCUT2D eigenvalue weighted by Gasteiger charge is -2.16. The molecule has 0 fully saturated rings. The standard InChI is InChI=1S/C16H17NO3/c1-10-5-4-6-14(12(10)3)17-9-13(8-16(19)20)15(18)7-11(17)2/h4-7,9H,8H2,1-3H3,(H,19,20). The average molecular weight is 271 g/mol. The predicted octanol–water partition coefficient (Wildman–Crippen LogP) is 2.39. The van der Waals surface area contributed by atoms with Gasteiger partial charge in [0.1, 0.15) is 0 Å². The molecule has 20 heavy (non-hydrogen) atoms. The van der Waals surface area contributed by atoms with Crippen LogP contribution in [0.15, 0.2) is 35.3 Å². The van der Waals surface area contributed by atoms with Gasteiger partial charge in [-0.15, -0.1) is 0 Å². The Balaban J connectivity index is 2.65. The number of aliphatic carboxylic acids is 1. The number of carbonyl (C=O) groups is 1. The molecule has 0 saturated carbocycles. The van der Waals surface area contributed by atoms with Crippen molar-refractivity contribution in [2.45, 2.75) is 27.2 Å². The van der Waals surface area contributed by atoms with Gasteiger partial charge in [0.15, 0.2) is 5.43 Å². The number of aromatic nitrogens is 1. The zero-order valence-electron chi connectivity index (χ0n) is 11.8. The molecule has 4 heteroatoms. The Bertz CT molecular complexity index is 729. The Morgan fingerprint density at radius 3 is 2.60 bits per heavy atom. The minimum absolute atomic E-state index is 0.230. The molecule has 0 unspecified atom stereocenters. The summed E-state index contributed by atoms with van der Waals surface area (Å²) in [5.41, 5.74) is 4.09. The van der Waals surface area contributed by atoms with Gasteiger partial charge in [-0.05, 0) is 38.0 Å². The summed E-state index contributed by atoms with van der Waals surface area (Å²) in [7, 11) is 0. The maximum absolute atomic E-state index is 11.8. The highest BCUT2D eigenvalue weighted by molar-refractivity contribution is 5.70. The molecular weight excluding hydrogens is 254 g/mol. The Labute approximate surface area is 117 Å². The van der Waals surface area contributed by atoms with Crippen LogP contribution in [0.25, 0.3) is 5.69 Å². The number of aryl methyl sites for hydroxylation is 2. The van der Waals surface area contributed by atoms with Gasteiger partial charge in [0.05, 0.1) is 6.42 Å². The van der Waals surface area contributed by atoms with Crippen LogP contribution in [0.3, 0.4) is 0 Å². The molecule has 0 aliphatic carbocycles. The average Bonchev–Trinajstić information content (AvgIpc) is 2.36. The molecule has 0 aliphatic rings. The number of nitrogens with zero attached hydrogens (tertiary/aromatic N) is 1. The maximum Gasteiger partial charge on any atom is 0.308 e. The van der Waals surface area contributed by atoms with E-state index in [1.54, 1.807) is 6.20 Å². The number of benzene rings is 1. The molecule has 104 valence electrons. The maximum atomic E-state index is 11.8. The highest BCUT2D eigenvalue weighted by Crippen LogP contribution is 2.19. The highest BCUT2D eigenvalue weighted by Gasteiger charge is 2.10. The first kappa shape index (κ1) is 14.1. The molecule has 0 aliphatic heterocycles.